The Bertz CT molecular complexity index is 616. The molecule has 1 aromatic rings. The van der Waals surface area contributed by atoms with Crippen molar-refractivity contribution in [3.05, 3.63) is 29.8 Å². The zero-order valence-electron chi connectivity index (χ0n) is 14.6. The van der Waals surface area contributed by atoms with E-state index >= 15 is 0 Å². The summed E-state index contributed by atoms with van der Waals surface area (Å²) < 4.78 is 10.7. The first-order chi connectivity index (χ1) is 12.2. The van der Waals surface area contributed by atoms with Crippen LogP contribution in [0.4, 0.5) is 4.79 Å². The molecule has 2 aliphatic rings. The van der Waals surface area contributed by atoms with Gasteiger partial charge in [-0.2, -0.15) is 0 Å². The summed E-state index contributed by atoms with van der Waals surface area (Å²) >= 11 is 0. The zero-order chi connectivity index (χ0) is 17.6. The van der Waals surface area contributed by atoms with Crippen LogP contribution in [0.15, 0.2) is 24.3 Å². The molecule has 0 bridgehead atoms. The van der Waals surface area contributed by atoms with E-state index in [1.165, 1.54) is 0 Å². The monoisotopic (exact) mass is 347 g/mol. The second kappa shape index (κ2) is 8.20. The van der Waals surface area contributed by atoms with Crippen molar-refractivity contribution >= 4 is 11.9 Å². The molecule has 136 valence electrons. The van der Waals surface area contributed by atoms with Crippen molar-refractivity contribution in [2.75, 3.05) is 39.9 Å². The molecule has 25 heavy (non-hydrogen) atoms. The Morgan fingerprint density at radius 2 is 2.28 bits per heavy atom. The van der Waals surface area contributed by atoms with Gasteiger partial charge in [-0.3, -0.25) is 4.79 Å². The number of amides is 3. The molecule has 7 heteroatoms. The number of hydrogen-bond donors (Lipinski definition) is 1. The lowest BCUT2D eigenvalue weighted by atomic mass is 10.2. The highest BCUT2D eigenvalue weighted by atomic mass is 16.5. The molecule has 1 aromatic carbocycles. The van der Waals surface area contributed by atoms with Gasteiger partial charge in [-0.25, -0.2) is 4.79 Å². The predicted octanol–water partition coefficient (Wildman–Crippen LogP) is 1.23. The molecule has 3 rings (SSSR count). The van der Waals surface area contributed by atoms with E-state index in [9.17, 15) is 9.59 Å². The summed E-state index contributed by atoms with van der Waals surface area (Å²) in [7, 11) is 1.62. The number of rotatable bonds is 5. The standard InChI is InChI=1S/C18H25N3O4/c1-24-15-5-2-4-14(10-15)12-20-7-8-21(13-17(20)22)18(23)19-11-16-6-3-9-25-16/h2,4-5,10,16H,3,6-9,11-13H2,1H3,(H,19,23)/t16-/m0/s1. The fourth-order valence-electron chi connectivity index (χ4n) is 3.16. The van der Waals surface area contributed by atoms with Crippen molar-refractivity contribution in [2.45, 2.75) is 25.5 Å². The van der Waals surface area contributed by atoms with Crippen molar-refractivity contribution in [3.8, 4) is 5.75 Å². The predicted molar refractivity (Wildman–Crippen MR) is 92.4 cm³/mol. The number of nitrogens with one attached hydrogen (secondary N) is 1. The largest absolute Gasteiger partial charge is 0.497 e. The molecule has 1 atom stereocenters. The van der Waals surface area contributed by atoms with E-state index < -0.39 is 0 Å². The van der Waals surface area contributed by atoms with Crippen LogP contribution in [0.2, 0.25) is 0 Å². The summed E-state index contributed by atoms with van der Waals surface area (Å²) in [5, 5.41) is 2.87. The number of hydrogen-bond acceptors (Lipinski definition) is 4. The topological polar surface area (TPSA) is 71.1 Å². The molecular weight excluding hydrogens is 322 g/mol. The third-order valence-electron chi connectivity index (χ3n) is 4.62. The molecule has 2 saturated heterocycles. The van der Waals surface area contributed by atoms with Crippen LogP contribution >= 0.6 is 0 Å². The quantitative estimate of drug-likeness (QED) is 0.870. The van der Waals surface area contributed by atoms with E-state index in [-0.39, 0.29) is 24.6 Å². The summed E-state index contributed by atoms with van der Waals surface area (Å²) in [4.78, 5) is 27.9. The summed E-state index contributed by atoms with van der Waals surface area (Å²) in [5.74, 6) is 0.735. The Morgan fingerprint density at radius 1 is 1.40 bits per heavy atom. The van der Waals surface area contributed by atoms with E-state index in [0.717, 1.165) is 30.8 Å². The van der Waals surface area contributed by atoms with Crippen molar-refractivity contribution in [1.82, 2.24) is 15.1 Å². The second-order valence-corrected chi connectivity index (χ2v) is 6.41. The van der Waals surface area contributed by atoms with Gasteiger partial charge < -0.3 is 24.6 Å². The maximum absolute atomic E-state index is 12.4. The highest BCUT2D eigenvalue weighted by Crippen LogP contribution is 2.16. The van der Waals surface area contributed by atoms with Gasteiger partial charge in [0, 0.05) is 32.8 Å². The molecule has 2 fully saturated rings. The van der Waals surface area contributed by atoms with Gasteiger partial charge in [0.2, 0.25) is 5.91 Å². The van der Waals surface area contributed by atoms with Gasteiger partial charge in [0.05, 0.1) is 13.2 Å². The van der Waals surface area contributed by atoms with Gasteiger partial charge >= 0.3 is 6.03 Å². The van der Waals surface area contributed by atoms with Crippen molar-refractivity contribution in [2.24, 2.45) is 0 Å². The second-order valence-electron chi connectivity index (χ2n) is 6.41. The first-order valence-corrected chi connectivity index (χ1v) is 8.71. The Labute approximate surface area is 147 Å². The van der Waals surface area contributed by atoms with Crippen LogP contribution in [0.3, 0.4) is 0 Å². The summed E-state index contributed by atoms with van der Waals surface area (Å²) in [5.41, 5.74) is 1.02. The normalized spacial score (nSPS) is 20.7. The van der Waals surface area contributed by atoms with Crippen LogP contribution in [-0.4, -0.2) is 67.7 Å². The van der Waals surface area contributed by atoms with Crippen molar-refractivity contribution < 1.29 is 19.1 Å². The lowest BCUT2D eigenvalue weighted by molar-refractivity contribution is -0.135. The Morgan fingerprint density at radius 3 is 3.00 bits per heavy atom. The molecule has 3 amide bonds. The van der Waals surface area contributed by atoms with E-state index in [1.807, 2.05) is 24.3 Å². The zero-order valence-corrected chi connectivity index (χ0v) is 14.6. The number of benzene rings is 1. The molecular formula is C18H25N3O4. The summed E-state index contributed by atoms with van der Waals surface area (Å²) in [6, 6.07) is 7.49. The number of carbonyl (C=O) groups excluding carboxylic acids is 2. The molecule has 0 spiro atoms. The van der Waals surface area contributed by atoms with Gasteiger partial charge in [0.25, 0.3) is 0 Å². The van der Waals surface area contributed by atoms with Gasteiger partial charge in [-0.1, -0.05) is 12.1 Å². The van der Waals surface area contributed by atoms with E-state index in [0.29, 0.717) is 26.2 Å². The average molecular weight is 347 g/mol. The van der Waals surface area contributed by atoms with Gasteiger partial charge in [-0.05, 0) is 30.5 Å². The van der Waals surface area contributed by atoms with Crippen molar-refractivity contribution in [3.63, 3.8) is 0 Å². The van der Waals surface area contributed by atoms with Crippen LogP contribution in [0.25, 0.3) is 0 Å². The highest BCUT2D eigenvalue weighted by molar-refractivity contribution is 5.85. The Balaban J connectivity index is 1.48. The van der Waals surface area contributed by atoms with Crippen LogP contribution < -0.4 is 10.1 Å². The molecule has 0 saturated carbocycles. The smallest absolute Gasteiger partial charge is 0.318 e. The third kappa shape index (κ3) is 4.63. The molecule has 2 aliphatic heterocycles. The van der Waals surface area contributed by atoms with Gasteiger partial charge in [0.1, 0.15) is 12.3 Å². The number of urea groups is 1. The van der Waals surface area contributed by atoms with Crippen molar-refractivity contribution in [1.29, 1.82) is 0 Å². The maximum atomic E-state index is 12.4. The van der Waals surface area contributed by atoms with E-state index in [2.05, 4.69) is 5.32 Å². The fourth-order valence-corrected chi connectivity index (χ4v) is 3.16. The summed E-state index contributed by atoms with van der Waals surface area (Å²) in [6.45, 7) is 2.98. The average Bonchev–Trinajstić information content (AvgIpc) is 3.15. The van der Waals surface area contributed by atoms with Crippen LogP contribution in [0.1, 0.15) is 18.4 Å². The molecule has 0 unspecified atom stereocenters. The molecule has 2 heterocycles. The van der Waals surface area contributed by atoms with E-state index in [4.69, 9.17) is 9.47 Å². The number of nitrogens with zero attached hydrogens (tertiary/aromatic N) is 2. The lowest BCUT2D eigenvalue weighted by Crippen LogP contribution is -2.54. The molecule has 0 aromatic heterocycles. The number of carbonyl (C=O) groups is 2. The van der Waals surface area contributed by atoms with Gasteiger partial charge in [0.15, 0.2) is 0 Å². The van der Waals surface area contributed by atoms with Crippen LogP contribution in [-0.2, 0) is 16.1 Å². The van der Waals surface area contributed by atoms with E-state index in [1.54, 1.807) is 16.9 Å². The van der Waals surface area contributed by atoms with Crippen LogP contribution in [0, 0.1) is 0 Å². The minimum atomic E-state index is -0.190. The summed E-state index contributed by atoms with van der Waals surface area (Å²) in [6.07, 6.45) is 2.13. The highest BCUT2D eigenvalue weighted by Gasteiger charge is 2.27. The first-order valence-electron chi connectivity index (χ1n) is 8.71. The SMILES string of the molecule is COc1cccc(CN2CCN(C(=O)NC[C@@H]3CCCO3)CC2=O)c1. The number of piperazine rings is 1. The minimum absolute atomic E-state index is 0.0404. The Kier molecular flexibility index (Phi) is 5.75. The number of methoxy groups -OCH3 is 1. The lowest BCUT2D eigenvalue weighted by Gasteiger charge is -2.34. The molecule has 1 N–H and O–H groups in total. The minimum Gasteiger partial charge on any atom is -0.497 e. The molecule has 0 aliphatic carbocycles. The van der Waals surface area contributed by atoms with Crippen LogP contribution in [0.5, 0.6) is 5.75 Å². The molecule has 7 nitrogen and oxygen atoms in total. The number of ether oxygens (including phenoxy) is 2. The maximum Gasteiger partial charge on any atom is 0.318 e. The first kappa shape index (κ1) is 17.5. The fraction of sp³-hybridized carbons (Fsp3) is 0.556. The Hall–Kier alpha value is -2.28. The van der Waals surface area contributed by atoms with Gasteiger partial charge in [-0.15, -0.1) is 0 Å². The third-order valence-corrected chi connectivity index (χ3v) is 4.62. The molecule has 0 radical (unpaired) electrons.